The van der Waals surface area contributed by atoms with Crippen molar-refractivity contribution in [1.82, 2.24) is 9.80 Å². The molecule has 1 saturated heterocycles. The number of aliphatic hydroxyl groups excluding tert-OH is 1. The van der Waals surface area contributed by atoms with Crippen LogP contribution in [0, 0.1) is 0 Å². The van der Waals surface area contributed by atoms with E-state index in [2.05, 4.69) is 16.7 Å². The normalized spacial score (nSPS) is 19.3. The molecular formula is C18H29N3O2. The lowest BCUT2D eigenvalue weighted by atomic mass is 10.1. The van der Waals surface area contributed by atoms with E-state index in [4.69, 9.17) is 0 Å². The fraction of sp³-hybridized carbons (Fsp3) is 0.611. The van der Waals surface area contributed by atoms with Gasteiger partial charge in [-0.1, -0.05) is 25.1 Å². The summed E-state index contributed by atoms with van der Waals surface area (Å²) in [7, 11) is 1.84. The van der Waals surface area contributed by atoms with Gasteiger partial charge in [0.15, 0.2) is 0 Å². The molecule has 1 N–H and O–H groups in total. The van der Waals surface area contributed by atoms with E-state index >= 15 is 0 Å². The number of rotatable bonds is 6. The summed E-state index contributed by atoms with van der Waals surface area (Å²) in [6, 6.07) is 9.87. The quantitative estimate of drug-likeness (QED) is 0.862. The molecule has 1 fully saturated rings. The Hall–Kier alpha value is -1.43. The Morgan fingerprint density at radius 3 is 2.26 bits per heavy atom. The van der Waals surface area contributed by atoms with E-state index in [0.29, 0.717) is 0 Å². The second-order valence-corrected chi connectivity index (χ2v) is 6.23. The molecule has 1 aliphatic heterocycles. The lowest BCUT2D eigenvalue weighted by Gasteiger charge is -2.41. The highest BCUT2D eigenvalue weighted by Crippen LogP contribution is 2.16. The zero-order chi connectivity index (χ0) is 16.8. The van der Waals surface area contributed by atoms with Gasteiger partial charge in [0.25, 0.3) is 0 Å². The highest BCUT2D eigenvalue weighted by molar-refractivity contribution is 5.96. The van der Waals surface area contributed by atoms with E-state index in [0.717, 1.165) is 38.3 Å². The lowest BCUT2D eigenvalue weighted by molar-refractivity contribution is -0.123. The van der Waals surface area contributed by atoms with Crippen LogP contribution in [-0.4, -0.2) is 72.7 Å². The maximum Gasteiger partial charge on any atom is 0.243 e. The number of para-hydroxylation sites is 1. The molecule has 0 bridgehead atoms. The standard InChI is InChI=1S/C18H29N3O2/c1-4-16(14-22)21-12-10-20(11-13-21)15(2)18(23)19(3)17-8-6-5-7-9-17/h5-9,15-16,22H,4,10-14H2,1-3H3. The number of aliphatic hydroxyl groups is 1. The van der Waals surface area contributed by atoms with Crippen molar-refractivity contribution >= 4 is 11.6 Å². The van der Waals surface area contributed by atoms with Gasteiger partial charge in [-0.25, -0.2) is 0 Å². The Labute approximate surface area is 139 Å². The van der Waals surface area contributed by atoms with Gasteiger partial charge in [-0.05, 0) is 25.5 Å². The van der Waals surface area contributed by atoms with Crippen LogP contribution in [0.2, 0.25) is 0 Å². The molecule has 1 aromatic rings. The Balaban J connectivity index is 1.91. The molecule has 1 heterocycles. The Bertz CT molecular complexity index is 482. The Morgan fingerprint density at radius 2 is 1.74 bits per heavy atom. The largest absolute Gasteiger partial charge is 0.395 e. The number of anilines is 1. The number of carbonyl (C=O) groups excluding carboxylic acids is 1. The highest BCUT2D eigenvalue weighted by atomic mass is 16.3. The van der Waals surface area contributed by atoms with E-state index in [9.17, 15) is 9.90 Å². The molecule has 2 unspecified atom stereocenters. The van der Waals surface area contributed by atoms with Crippen LogP contribution in [0.5, 0.6) is 0 Å². The first kappa shape index (κ1) is 17.9. The van der Waals surface area contributed by atoms with E-state index in [1.54, 1.807) is 4.90 Å². The summed E-state index contributed by atoms with van der Waals surface area (Å²) in [6.07, 6.45) is 0.960. The minimum Gasteiger partial charge on any atom is -0.395 e. The highest BCUT2D eigenvalue weighted by Gasteiger charge is 2.29. The van der Waals surface area contributed by atoms with Gasteiger partial charge in [0.2, 0.25) is 5.91 Å². The number of carbonyl (C=O) groups is 1. The van der Waals surface area contributed by atoms with Crippen LogP contribution in [-0.2, 0) is 4.79 Å². The zero-order valence-corrected chi connectivity index (χ0v) is 14.5. The number of hydrogen-bond acceptors (Lipinski definition) is 4. The van der Waals surface area contributed by atoms with Crippen LogP contribution in [0.25, 0.3) is 0 Å². The van der Waals surface area contributed by atoms with Crippen molar-refractivity contribution in [2.75, 3.05) is 44.7 Å². The van der Waals surface area contributed by atoms with E-state index in [1.807, 2.05) is 44.3 Å². The summed E-state index contributed by atoms with van der Waals surface area (Å²) in [5, 5.41) is 9.42. The first-order valence-electron chi connectivity index (χ1n) is 8.50. The van der Waals surface area contributed by atoms with E-state index < -0.39 is 0 Å². The second kappa shape index (κ2) is 8.43. The molecule has 0 aliphatic carbocycles. The third-order valence-corrected chi connectivity index (χ3v) is 4.93. The third-order valence-electron chi connectivity index (χ3n) is 4.93. The van der Waals surface area contributed by atoms with Crippen molar-refractivity contribution in [3.63, 3.8) is 0 Å². The molecule has 5 nitrogen and oxygen atoms in total. The first-order chi connectivity index (χ1) is 11.1. The molecule has 128 valence electrons. The van der Waals surface area contributed by atoms with Crippen LogP contribution in [0.3, 0.4) is 0 Å². The Morgan fingerprint density at radius 1 is 1.17 bits per heavy atom. The number of hydrogen-bond donors (Lipinski definition) is 1. The van der Waals surface area contributed by atoms with Crippen molar-refractivity contribution in [3.05, 3.63) is 30.3 Å². The van der Waals surface area contributed by atoms with Crippen molar-refractivity contribution in [3.8, 4) is 0 Å². The molecule has 0 saturated carbocycles. The van der Waals surface area contributed by atoms with Crippen molar-refractivity contribution in [1.29, 1.82) is 0 Å². The van der Waals surface area contributed by atoms with Crippen LogP contribution in [0.15, 0.2) is 30.3 Å². The minimum atomic E-state index is -0.128. The van der Waals surface area contributed by atoms with Crippen molar-refractivity contribution in [2.24, 2.45) is 0 Å². The second-order valence-electron chi connectivity index (χ2n) is 6.23. The van der Waals surface area contributed by atoms with Gasteiger partial charge in [0.05, 0.1) is 12.6 Å². The van der Waals surface area contributed by atoms with Crippen LogP contribution in [0.4, 0.5) is 5.69 Å². The molecule has 2 atom stereocenters. The van der Waals surface area contributed by atoms with Gasteiger partial charge in [-0.3, -0.25) is 14.6 Å². The molecule has 0 spiro atoms. The topological polar surface area (TPSA) is 47.0 Å². The lowest BCUT2D eigenvalue weighted by Crippen LogP contribution is -2.56. The fourth-order valence-electron chi connectivity index (χ4n) is 3.21. The molecule has 23 heavy (non-hydrogen) atoms. The molecule has 1 aromatic carbocycles. The smallest absolute Gasteiger partial charge is 0.243 e. The number of piperazine rings is 1. The van der Waals surface area contributed by atoms with Gasteiger partial charge < -0.3 is 10.0 Å². The number of likely N-dealkylation sites (N-methyl/N-ethyl adjacent to an activating group) is 1. The average Bonchev–Trinajstić information content (AvgIpc) is 2.62. The van der Waals surface area contributed by atoms with Crippen LogP contribution >= 0.6 is 0 Å². The van der Waals surface area contributed by atoms with Crippen molar-refractivity contribution < 1.29 is 9.90 Å². The van der Waals surface area contributed by atoms with Gasteiger partial charge in [0, 0.05) is 45.0 Å². The van der Waals surface area contributed by atoms with Crippen LogP contribution < -0.4 is 4.90 Å². The predicted molar refractivity (Wildman–Crippen MR) is 93.6 cm³/mol. The molecule has 2 rings (SSSR count). The predicted octanol–water partition coefficient (Wildman–Crippen LogP) is 1.43. The molecule has 0 aromatic heterocycles. The first-order valence-corrected chi connectivity index (χ1v) is 8.50. The molecule has 1 aliphatic rings. The van der Waals surface area contributed by atoms with E-state index in [-0.39, 0.29) is 24.6 Å². The minimum absolute atomic E-state index is 0.124. The zero-order valence-electron chi connectivity index (χ0n) is 14.5. The maximum atomic E-state index is 12.7. The fourth-order valence-corrected chi connectivity index (χ4v) is 3.21. The molecule has 5 heteroatoms. The number of benzene rings is 1. The summed E-state index contributed by atoms with van der Waals surface area (Å²) in [5.41, 5.74) is 0.925. The molecule has 0 radical (unpaired) electrons. The van der Waals surface area contributed by atoms with Crippen LogP contribution in [0.1, 0.15) is 20.3 Å². The molecule has 1 amide bonds. The number of amides is 1. The molecular weight excluding hydrogens is 290 g/mol. The van der Waals surface area contributed by atoms with Gasteiger partial charge in [-0.2, -0.15) is 0 Å². The van der Waals surface area contributed by atoms with Gasteiger partial charge in [0.1, 0.15) is 0 Å². The summed E-state index contributed by atoms with van der Waals surface area (Å²) >= 11 is 0. The van der Waals surface area contributed by atoms with Crippen molar-refractivity contribution in [2.45, 2.75) is 32.4 Å². The SMILES string of the molecule is CCC(CO)N1CCN(C(C)C(=O)N(C)c2ccccc2)CC1. The van der Waals surface area contributed by atoms with Gasteiger partial charge in [-0.15, -0.1) is 0 Å². The average molecular weight is 319 g/mol. The summed E-state index contributed by atoms with van der Waals surface area (Å²) < 4.78 is 0. The van der Waals surface area contributed by atoms with Gasteiger partial charge >= 0.3 is 0 Å². The van der Waals surface area contributed by atoms with E-state index in [1.165, 1.54) is 0 Å². The monoisotopic (exact) mass is 319 g/mol. The number of nitrogens with zero attached hydrogens (tertiary/aromatic N) is 3. The summed E-state index contributed by atoms with van der Waals surface area (Å²) in [4.78, 5) is 19.0. The summed E-state index contributed by atoms with van der Waals surface area (Å²) in [6.45, 7) is 7.85. The Kier molecular flexibility index (Phi) is 6.57. The third kappa shape index (κ3) is 4.31. The maximum absolute atomic E-state index is 12.7. The summed E-state index contributed by atoms with van der Waals surface area (Å²) in [5.74, 6) is 0.124.